The van der Waals surface area contributed by atoms with Crippen LogP contribution in [0.15, 0.2) is 36.5 Å². The number of fused-ring (bicyclic) bond motifs is 1. The molecule has 1 aliphatic heterocycles. The first kappa shape index (κ1) is 36.6. The van der Waals surface area contributed by atoms with Crippen LogP contribution in [0.4, 0.5) is 36.3 Å². The van der Waals surface area contributed by atoms with Crippen LogP contribution in [-0.2, 0) is 22.4 Å². The quantitative estimate of drug-likeness (QED) is 0.150. The molecule has 0 bridgehead atoms. The van der Waals surface area contributed by atoms with Crippen LogP contribution in [0.25, 0.3) is 0 Å². The number of amides is 1. The van der Waals surface area contributed by atoms with E-state index in [1.54, 1.807) is 37.9 Å². The first-order valence-corrected chi connectivity index (χ1v) is 18.0. The number of methoxy groups -OCH3 is 1. The Morgan fingerprint density at radius 3 is 2.27 bits per heavy atom. The molecule has 11 nitrogen and oxygen atoms in total. The highest BCUT2D eigenvalue weighted by Crippen LogP contribution is 2.61. The van der Waals surface area contributed by atoms with Crippen LogP contribution in [0.1, 0.15) is 90.9 Å². The zero-order valence-corrected chi connectivity index (χ0v) is 29.5. The van der Waals surface area contributed by atoms with Gasteiger partial charge in [0.2, 0.25) is 5.95 Å². The molecule has 1 amide bonds. The number of aromatic nitrogens is 2. The van der Waals surface area contributed by atoms with Crippen molar-refractivity contribution in [2.45, 2.75) is 82.2 Å². The number of hydrogen-bond acceptors (Lipinski definition) is 8. The van der Waals surface area contributed by atoms with Gasteiger partial charge in [0.05, 0.1) is 29.2 Å². The molecule has 1 fully saturated rings. The number of carbonyl (C=O) groups excluding carboxylic acids is 1. The van der Waals surface area contributed by atoms with Gasteiger partial charge in [0, 0.05) is 25.8 Å². The first-order valence-electron chi connectivity index (χ1n) is 16.3. The van der Waals surface area contributed by atoms with Gasteiger partial charge in [-0.3, -0.25) is 9.36 Å². The molecule has 15 heteroatoms. The van der Waals surface area contributed by atoms with E-state index in [1.165, 1.54) is 19.2 Å². The number of anilines is 4. The summed E-state index contributed by atoms with van der Waals surface area (Å²) in [7, 11) is 2.62. The number of alkyl halides is 3. The molecule has 5 rings (SSSR count). The van der Waals surface area contributed by atoms with Crippen molar-refractivity contribution in [2.75, 3.05) is 38.9 Å². The second kappa shape index (κ2) is 13.9. The van der Waals surface area contributed by atoms with Gasteiger partial charge in [0.25, 0.3) is 5.91 Å². The summed E-state index contributed by atoms with van der Waals surface area (Å²) in [5.74, 6) is -0.568. The summed E-state index contributed by atoms with van der Waals surface area (Å²) in [4.78, 5) is 45.7. The Bertz CT molecular complexity index is 1750. The van der Waals surface area contributed by atoms with Crippen LogP contribution in [0.3, 0.4) is 0 Å². The number of rotatable bonds is 11. The van der Waals surface area contributed by atoms with Crippen molar-refractivity contribution in [1.29, 1.82) is 0 Å². The number of ether oxygens (including phenoxy) is 1. The summed E-state index contributed by atoms with van der Waals surface area (Å²) < 4.78 is 60.8. The molecule has 266 valence electrons. The predicted molar refractivity (Wildman–Crippen MR) is 182 cm³/mol. The van der Waals surface area contributed by atoms with Crippen molar-refractivity contribution in [3.05, 3.63) is 64.3 Å². The van der Waals surface area contributed by atoms with Crippen LogP contribution in [0.2, 0.25) is 0 Å². The smallest absolute Gasteiger partial charge is 0.421 e. The minimum Gasteiger partial charge on any atom is -0.495 e. The summed E-state index contributed by atoms with van der Waals surface area (Å²) in [6.07, 6.45) is 0.164. The molecule has 1 aliphatic carbocycles. The maximum atomic E-state index is 14.3. The van der Waals surface area contributed by atoms with Crippen LogP contribution in [-0.4, -0.2) is 69.8 Å². The molecule has 1 aromatic heterocycles. The van der Waals surface area contributed by atoms with Gasteiger partial charge in [-0.15, -0.1) is 0 Å². The lowest BCUT2D eigenvalue weighted by Crippen LogP contribution is -2.31. The summed E-state index contributed by atoms with van der Waals surface area (Å²) >= 11 is 0. The van der Waals surface area contributed by atoms with E-state index in [0.717, 1.165) is 36.8 Å². The second-order valence-electron chi connectivity index (χ2n) is 13.1. The van der Waals surface area contributed by atoms with Crippen molar-refractivity contribution < 1.29 is 37.1 Å². The Morgan fingerprint density at radius 2 is 1.69 bits per heavy atom. The Hall–Kier alpha value is -3.71. The van der Waals surface area contributed by atoms with Gasteiger partial charge in [-0.05, 0) is 93.4 Å². The van der Waals surface area contributed by atoms with E-state index in [-0.39, 0.29) is 47.7 Å². The van der Waals surface area contributed by atoms with Crippen molar-refractivity contribution >= 4 is 36.6 Å². The fourth-order valence-corrected chi connectivity index (χ4v) is 8.58. The number of nitrogens with zero attached hydrogens (tertiary/aromatic N) is 4. The minimum absolute atomic E-state index is 0.168. The Kier molecular flexibility index (Phi) is 10.4. The van der Waals surface area contributed by atoms with Crippen molar-refractivity contribution in [2.24, 2.45) is 0 Å². The molecule has 0 spiro atoms. The normalized spacial score (nSPS) is 18.5. The van der Waals surface area contributed by atoms with Gasteiger partial charge in [0.15, 0.2) is 0 Å². The van der Waals surface area contributed by atoms with Gasteiger partial charge in [0.1, 0.15) is 17.1 Å². The van der Waals surface area contributed by atoms with E-state index in [4.69, 9.17) is 4.74 Å². The number of hydrogen-bond donors (Lipinski definition) is 4. The zero-order chi connectivity index (χ0) is 35.9. The van der Waals surface area contributed by atoms with Gasteiger partial charge in [-0.2, -0.15) is 18.2 Å². The highest BCUT2D eigenvalue weighted by atomic mass is 31.2. The molecule has 0 saturated heterocycles. The Morgan fingerprint density at radius 1 is 1.04 bits per heavy atom. The fourth-order valence-electron chi connectivity index (χ4n) is 7.28. The van der Waals surface area contributed by atoms with Crippen molar-refractivity contribution in [3.8, 4) is 5.75 Å². The molecular weight excluding hydrogens is 660 g/mol. The van der Waals surface area contributed by atoms with E-state index in [2.05, 4.69) is 39.6 Å². The largest absolute Gasteiger partial charge is 0.495 e. The van der Waals surface area contributed by atoms with Crippen LogP contribution >= 0.6 is 7.60 Å². The molecule has 1 saturated carbocycles. The summed E-state index contributed by atoms with van der Waals surface area (Å²) in [6.45, 7) is 3.75. The molecule has 2 aliphatic rings. The SMILES string of the molecule is CCC(CC)(c1ccc(Nc2ncc(C(F)(F)F)c(Nc3ccc(C4CCC(N(C)C)CC4)c4c3C(=O)N(C)C4)n2)c(OC)c1)P(=O)(O)O. The zero-order valence-electron chi connectivity index (χ0n) is 28.6. The molecule has 3 aromatic rings. The molecule has 0 radical (unpaired) electrons. The average molecular weight is 705 g/mol. The average Bonchev–Trinajstić information content (AvgIpc) is 3.35. The molecule has 49 heavy (non-hydrogen) atoms. The molecule has 4 N–H and O–H groups in total. The van der Waals surface area contributed by atoms with E-state index in [9.17, 15) is 32.3 Å². The molecular formula is C34H44F3N6O5P. The third-order valence-electron chi connectivity index (χ3n) is 10.2. The molecule has 2 heterocycles. The monoisotopic (exact) mass is 704 g/mol. The topological polar surface area (TPSA) is 140 Å². The van der Waals surface area contributed by atoms with E-state index in [0.29, 0.717) is 29.9 Å². The van der Waals surface area contributed by atoms with E-state index >= 15 is 0 Å². The highest BCUT2D eigenvalue weighted by Gasteiger charge is 2.45. The molecule has 0 unspecified atom stereocenters. The summed E-state index contributed by atoms with van der Waals surface area (Å²) in [5.41, 5.74) is 1.96. The second-order valence-corrected chi connectivity index (χ2v) is 15.0. The third kappa shape index (κ3) is 7.01. The molecule has 0 atom stereocenters. The van der Waals surface area contributed by atoms with Crippen LogP contribution < -0.4 is 15.4 Å². The fraction of sp³-hybridized carbons (Fsp3) is 0.500. The van der Waals surface area contributed by atoms with Crippen molar-refractivity contribution in [3.63, 3.8) is 0 Å². The first-order chi connectivity index (χ1) is 23.0. The summed E-state index contributed by atoms with van der Waals surface area (Å²) in [6, 6.07) is 8.63. The Labute approximate surface area is 284 Å². The van der Waals surface area contributed by atoms with Crippen molar-refractivity contribution in [1.82, 2.24) is 19.8 Å². The van der Waals surface area contributed by atoms with E-state index < -0.39 is 30.3 Å². The lowest BCUT2D eigenvalue weighted by Gasteiger charge is -2.33. The van der Waals surface area contributed by atoms with E-state index in [1.807, 2.05) is 6.07 Å². The standard InChI is InChI=1S/C34H44F3N6O5P/c1-7-33(8-2,49(45,46)47)21-11-15-26(28(17-21)48-6)40-32-38-18-25(34(35,36)37)30(41-32)39-27-16-14-23(24-19-43(5)31(44)29(24)27)20-9-12-22(13-10-20)42(3)4/h11,14-18,20,22H,7-10,12-13,19H2,1-6H3,(H2,45,46,47)(H2,38,39,40,41). The highest BCUT2D eigenvalue weighted by molar-refractivity contribution is 7.53. The third-order valence-corrected chi connectivity index (χ3v) is 12.2. The summed E-state index contributed by atoms with van der Waals surface area (Å²) in [5, 5.41) is 4.26. The number of benzene rings is 2. The number of halogens is 3. The number of carbonyl (C=O) groups is 1. The Balaban J connectivity index is 1.50. The minimum atomic E-state index is -4.80. The lowest BCUT2D eigenvalue weighted by molar-refractivity contribution is -0.137. The molecule has 2 aromatic carbocycles. The predicted octanol–water partition coefficient (Wildman–Crippen LogP) is 7.36. The lowest BCUT2D eigenvalue weighted by atomic mass is 9.79. The maximum absolute atomic E-state index is 14.3. The van der Waals surface area contributed by atoms with Gasteiger partial charge < -0.3 is 35.0 Å². The van der Waals surface area contributed by atoms with Crippen LogP contribution in [0, 0.1) is 0 Å². The van der Waals surface area contributed by atoms with Gasteiger partial charge in [-0.1, -0.05) is 26.0 Å². The van der Waals surface area contributed by atoms with Crippen LogP contribution in [0.5, 0.6) is 5.75 Å². The van der Waals surface area contributed by atoms with Gasteiger partial charge in [-0.25, -0.2) is 4.98 Å². The van der Waals surface area contributed by atoms with Gasteiger partial charge >= 0.3 is 13.8 Å². The number of nitrogens with one attached hydrogen (secondary N) is 2. The maximum Gasteiger partial charge on any atom is 0.421 e.